The second-order valence-electron chi connectivity index (χ2n) is 4.84. The highest BCUT2D eigenvalue weighted by molar-refractivity contribution is 5.91. The number of carbonyl (C=O) groups is 1. The second kappa shape index (κ2) is 5.04. The Morgan fingerprint density at radius 3 is 2.25 bits per heavy atom. The second-order valence-corrected chi connectivity index (χ2v) is 4.84. The van der Waals surface area contributed by atoms with Gasteiger partial charge >= 0.3 is 5.97 Å². The summed E-state index contributed by atoms with van der Waals surface area (Å²) >= 11 is 0. The van der Waals surface area contributed by atoms with Crippen molar-refractivity contribution in [2.45, 2.75) is 20.8 Å². The van der Waals surface area contributed by atoms with Crippen molar-refractivity contribution in [2.24, 2.45) is 0 Å². The highest BCUT2D eigenvalue weighted by atomic mass is 19.1. The van der Waals surface area contributed by atoms with Gasteiger partial charge in [0.2, 0.25) is 0 Å². The summed E-state index contributed by atoms with van der Waals surface area (Å²) in [6.07, 6.45) is 0. The molecule has 0 aliphatic rings. The lowest BCUT2D eigenvalue weighted by Gasteiger charge is -2.13. The fraction of sp³-hybridized carbons (Fsp3) is 0.188. The Morgan fingerprint density at radius 2 is 1.65 bits per heavy atom. The van der Waals surface area contributed by atoms with Crippen LogP contribution in [0.5, 0.6) is 0 Å². The largest absolute Gasteiger partial charge is 0.478 e. The Morgan fingerprint density at radius 1 is 1.00 bits per heavy atom. The third-order valence-corrected chi connectivity index (χ3v) is 3.36. The van der Waals surface area contributed by atoms with Crippen molar-refractivity contribution in [1.29, 1.82) is 0 Å². The summed E-state index contributed by atoms with van der Waals surface area (Å²) in [5.41, 5.74) is 1.66. The lowest BCUT2D eigenvalue weighted by molar-refractivity contribution is 0.0696. The Bertz CT molecular complexity index is 706. The fourth-order valence-corrected chi connectivity index (χ4v) is 2.26. The average Bonchev–Trinajstić information content (AvgIpc) is 2.36. The van der Waals surface area contributed by atoms with Crippen molar-refractivity contribution in [1.82, 2.24) is 0 Å². The molecule has 0 fully saturated rings. The molecule has 1 N–H and O–H groups in total. The van der Waals surface area contributed by atoms with Gasteiger partial charge in [-0.25, -0.2) is 13.6 Å². The summed E-state index contributed by atoms with van der Waals surface area (Å²) in [5, 5.41) is 9.13. The van der Waals surface area contributed by atoms with Crippen molar-refractivity contribution in [3.8, 4) is 11.1 Å². The van der Waals surface area contributed by atoms with E-state index in [9.17, 15) is 13.6 Å². The molecule has 0 aromatic heterocycles. The number of aryl methyl sites for hydroxylation is 3. The minimum Gasteiger partial charge on any atom is -0.478 e. The molecule has 104 valence electrons. The standard InChI is InChI=1S/C16H14F2O2/c1-8-4-5-13(17)14(15(8)18)11-7-12(16(19)20)10(3)6-9(11)2/h4-7H,1-3H3,(H,19,20). The van der Waals surface area contributed by atoms with Gasteiger partial charge in [-0.05, 0) is 55.2 Å². The van der Waals surface area contributed by atoms with Crippen molar-refractivity contribution in [3.63, 3.8) is 0 Å². The monoisotopic (exact) mass is 276 g/mol. The first-order valence-corrected chi connectivity index (χ1v) is 6.12. The Labute approximate surface area is 115 Å². The van der Waals surface area contributed by atoms with Crippen molar-refractivity contribution in [3.05, 3.63) is 58.2 Å². The Hall–Kier alpha value is -2.23. The van der Waals surface area contributed by atoms with Crippen LogP contribution in [0, 0.1) is 32.4 Å². The van der Waals surface area contributed by atoms with Gasteiger partial charge in [0, 0.05) is 0 Å². The molecule has 2 nitrogen and oxygen atoms in total. The van der Waals surface area contributed by atoms with E-state index in [0.717, 1.165) is 0 Å². The topological polar surface area (TPSA) is 37.3 Å². The summed E-state index contributed by atoms with van der Waals surface area (Å²) in [4.78, 5) is 11.2. The highest BCUT2D eigenvalue weighted by Crippen LogP contribution is 2.32. The SMILES string of the molecule is Cc1cc(C)c(-c2c(F)ccc(C)c2F)cc1C(=O)O. The van der Waals surface area contributed by atoms with Crippen LogP contribution in [0.1, 0.15) is 27.0 Å². The number of rotatable bonds is 2. The van der Waals surface area contributed by atoms with Crippen LogP contribution in [0.2, 0.25) is 0 Å². The molecule has 0 bridgehead atoms. The molecular weight excluding hydrogens is 262 g/mol. The molecule has 0 amide bonds. The van der Waals surface area contributed by atoms with Gasteiger partial charge in [0.15, 0.2) is 0 Å². The van der Waals surface area contributed by atoms with E-state index in [1.165, 1.54) is 18.2 Å². The van der Waals surface area contributed by atoms with E-state index >= 15 is 0 Å². The van der Waals surface area contributed by atoms with Crippen LogP contribution in [-0.2, 0) is 0 Å². The van der Waals surface area contributed by atoms with E-state index in [1.54, 1.807) is 26.8 Å². The fourth-order valence-electron chi connectivity index (χ4n) is 2.26. The molecule has 2 aromatic rings. The van der Waals surface area contributed by atoms with E-state index < -0.39 is 17.6 Å². The number of halogens is 2. The van der Waals surface area contributed by atoms with Gasteiger partial charge in [-0.15, -0.1) is 0 Å². The summed E-state index contributed by atoms with van der Waals surface area (Å²) in [6.45, 7) is 4.90. The zero-order chi connectivity index (χ0) is 15.0. The maximum absolute atomic E-state index is 14.2. The predicted octanol–water partition coefficient (Wildman–Crippen LogP) is 4.26. The molecule has 0 atom stereocenters. The van der Waals surface area contributed by atoms with Gasteiger partial charge in [-0.2, -0.15) is 0 Å². The number of hydrogen-bond donors (Lipinski definition) is 1. The van der Waals surface area contributed by atoms with Crippen molar-refractivity contribution < 1.29 is 18.7 Å². The summed E-state index contributed by atoms with van der Waals surface area (Å²) in [7, 11) is 0. The molecule has 0 radical (unpaired) electrons. The Balaban J connectivity index is 2.80. The molecule has 2 aromatic carbocycles. The number of benzene rings is 2. The van der Waals surface area contributed by atoms with Crippen LogP contribution < -0.4 is 0 Å². The molecule has 0 unspecified atom stereocenters. The van der Waals surface area contributed by atoms with Crippen LogP contribution in [-0.4, -0.2) is 11.1 Å². The molecular formula is C16H14F2O2. The van der Waals surface area contributed by atoms with Crippen molar-refractivity contribution in [2.75, 3.05) is 0 Å². The third kappa shape index (κ3) is 2.29. The summed E-state index contributed by atoms with van der Waals surface area (Å²) < 4.78 is 28.1. The lowest BCUT2D eigenvalue weighted by atomic mass is 9.93. The number of aromatic carboxylic acids is 1. The number of hydrogen-bond acceptors (Lipinski definition) is 1. The zero-order valence-electron chi connectivity index (χ0n) is 11.4. The molecule has 20 heavy (non-hydrogen) atoms. The summed E-state index contributed by atoms with van der Waals surface area (Å²) in [6, 6.07) is 5.50. The number of carboxylic acids is 1. The molecule has 0 heterocycles. The van der Waals surface area contributed by atoms with Crippen LogP contribution >= 0.6 is 0 Å². The van der Waals surface area contributed by atoms with Crippen molar-refractivity contribution >= 4 is 5.97 Å². The van der Waals surface area contributed by atoms with Crippen LogP contribution in [0.4, 0.5) is 8.78 Å². The minimum absolute atomic E-state index is 0.0471. The van der Waals surface area contributed by atoms with E-state index in [0.29, 0.717) is 16.7 Å². The van der Waals surface area contributed by atoms with E-state index in [-0.39, 0.29) is 16.7 Å². The van der Waals surface area contributed by atoms with Gasteiger partial charge in [0.05, 0.1) is 11.1 Å². The average molecular weight is 276 g/mol. The van der Waals surface area contributed by atoms with Crippen LogP contribution in [0.25, 0.3) is 11.1 Å². The smallest absolute Gasteiger partial charge is 0.335 e. The molecule has 0 aliphatic heterocycles. The maximum Gasteiger partial charge on any atom is 0.335 e. The highest BCUT2D eigenvalue weighted by Gasteiger charge is 2.18. The number of carboxylic acid groups (broad SMARTS) is 1. The molecule has 0 spiro atoms. The first-order chi connectivity index (χ1) is 9.32. The Kier molecular flexibility index (Phi) is 3.57. The van der Waals surface area contributed by atoms with E-state index in [1.807, 2.05) is 0 Å². The van der Waals surface area contributed by atoms with Gasteiger partial charge in [0.25, 0.3) is 0 Å². The first-order valence-electron chi connectivity index (χ1n) is 6.12. The molecule has 0 saturated heterocycles. The third-order valence-electron chi connectivity index (χ3n) is 3.36. The van der Waals surface area contributed by atoms with Gasteiger partial charge < -0.3 is 5.11 Å². The molecule has 0 aliphatic carbocycles. The normalized spacial score (nSPS) is 10.7. The van der Waals surface area contributed by atoms with E-state index in [4.69, 9.17) is 5.11 Å². The van der Waals surface area contributed by atoms with Crippen LogP contribution in [0.15, 0.2) is 24.3 Å². The molecule has 4 heteroatoms. The zero-order valence-corrected chi connectivity index (χ0v) is 11.4. The van der Waals surface area contributed by atoms with Gasteiger partial charge in [-0.3, -0.25) is 0 Å². The summed E-state index contributed by atoms with van der Waals surface area (Å²) in [5.74, 6) is -2.47. The maximum atomic E-state index is 14.2. The van der Waals surface area contributed by atoms with E-state index in [2.05, 4.69) is 0 Å². The molecule has 2 rings (SSSR count). The first kappa shape index (κ1) is 14.2. The van der Waals surface area contributed by atoms with Crippen LogP contribution in [0.3, 0.4) is 0 Å². The lowest BCUT2D eigenvalue weighted by Crippen LogP contribution is -2.03. The predicted molar refractivity (Wildman–Crippen MR) is 73.0 cm³/mol. The minimum atomic E-state index is -1.11. The quantitative estimate of drug-likeness (QED) is 0.890. The van der Waals surface area contributed by atoms with Gasteiger partial charge in [-0.1, -0.05) is 12.1 Å². The van der Waals surface area contributed by atoms with Gasteiger partial charge in [0.1, 0.15) is 11.6 Å². The molecule has 0 saturated carbocycles.